The van der Waals surface area contributed by atoms with Gasteiger partial charge in [-0.2, -0.15) is 11.3 Å². The van der Waals surface area contributed by atoms with E-state index in [4.69, 9.17) is 0 Å². The minimum atomic E-state index is -0.385. The molecule has 0 radical (unpaired) electrons. The summed E-state index contributed by atoms with van der Waals surface area (Å²) in [7, 11) is 0. The van der Waals surface area contributed by atoms with E-state index in [1.807, 2.05) is 16.3 Å². The van der Waals surface area contributed by atoms with E-state index in [1.165, 1.54) is 10.5 Å². The third kappa shape index (κ3) is 3.10. The summed E-state index contributed by atoms with van der Waals surface area (Å²) in [5, 5.41) is 6.64. The van der Waals surface area contributed by atoms with Crippen LogP contribution >= 0.6 is 11.3 Å². The van der Waals surface area contributed by atoms with Gasteiger partial charge in [0.25, 0.3) is 5.91 Å². The summed E-state index contributed by atoms with van der Waals surface area (Å²) in [5.41, 5.74) is 2.56. The fourth-order valence-electron chi connectivity index (χ4n) is 3.59. The molecule has 0 bridgehead atoms. The SMILES string of the molecule is O=C1CNC(=O)N1Cc1cccc(C(=O)N2CCC[C@H]2c2ccsc2)c1. The van der Waals surface area contributed by atoms with Crippen LogP contribution in [0.4, 0.5) is 4.79 Å². The summed E-state index contributed by atoms with van der Waals surface area (Å²) in [5.74, 6) is -0.249. The van der Waals surface area contributed by atoms with E-state index in [9.17, 15) is 14.4 Å². The quantitative estimate of drug-likeness (QED) is 0.843. The first-order chi connectivity index (χ1) is 12.6. The monoisotopic (exact) mass is 369 g/mol. The summed E-state index contributed by atoms with van der Waals surface area (Å²) in [6, 6.07) is 9.03. The highest BCUT2D eigenvalue weighted by Gasteiger charge is 2.31. The van der Waals surface area contributed by atoms with Gasteiger partial charge in [-0.25, -0.2) is 4.79 Å². The second-order valence-corrected chi connectivity index (χ2v) is 7.33. The zero-order chi connectivity index (χ0) is 18.1. The van der Waals surface area contributed by atoms with Gasteiger partial charge in [0.05, 0.1) is 19.1 Å². The molecular formula is C19H19N3O3S. The van der Waals surface area contributed by atoms with Crippen LogP contribution in [0, 0.1) is 0 Å². The van der Waals surface area contributed by atoms with Crippen LogP contribution in [0.2, 0.25) is 0 Å². The first kappa shape index (κ1) is 16.8. The molecule has 7 heteroatoms. The Labute approximate surface area is 155 Å². The van der Waals surface area contributed by atoms with Crippen LogP contribution in [-0.4, -0.2) is 40.7 Å². The molecule has 1 aromatic carbocycles. The lowest BCUT2D eigenvalue weighted by atomic mass is 10.1. The van der Waals surface area contributed by atoms with E-state index < -0.39 is 0 Å². The highest BCUT2D eigenvalue weighted by atomic mass is 32.1. The molecule has 6 nitrogen and oxygen atoms in total. The van der Waals surface area contributed by atoms with E-state index in [2.05, 4.69) is 16.8 Å². The largest absolute Gasteiger partial charge is 0.332 e. The van der Waals surface area contributed by atoms with Crippen molar-refractivity contribution >= 4 is 29.2 Å². The van der Waals surface area contributed by atoms with Crippen LogP contribution in [0.15, 0.2) is 41.1 Å². The summed E-state index contributed by atoms with van der Waals surface area (Å²) >= 11 is 1.64. The predicted octanol–water partition coefficient (Wildman–Crippen LogP) is 2.78. The van der Waals surface area contributed by atoms with Gasteiger partial charge in [-0.15, -0.1) is 0 Å². The van der Waals surface area contributed by atoms with E-state index in [0.717, 1.165) is 24.9 Å². The van der Waals surface area contributed by atoms with Gasteiger partial charge in [0.15, 0.2) is 0 Å². The maximum absolute atomic E-state index is 13.0. The molecule has 1 N–H and O–H groups in total. The van der Waals surface area contributed by atoms with E-state index in [1.54, 1.807) is 29.5 Å². The molecule has 0 aliphatic carbocycles. The molecule has 1 atom stereocenters. The number of carbonyl (C=O) groups is 3. The van der Waals surface area contributed by atoms with Crippen molar-refractivity contribution in [3.05, 3.63) is 57.8 Å². The van der Waals surface area contributed by atoms with Gasteiger partial charge >= 0.3 is 6.03 Å². The van der Waals surface area contributed by atoms with E-state index >= 15 is 0 Å². The molecule has 2 aliphatic heterocycles. The Hall–Kier alpha value is -2.67. The summed E-state index contributed by atoms with van der Waals surface area (Å²) < 4.78 is 0. The number of hydrogen-bond donors (Lipinski definition) is 1. The number of amides is 4. The van der Waals surface area contributed by atoms with Crippen molar-refractivity contribution in [1.29, 1.82) is 0 Å². The number of carbonyl (C=O) groups excluding carboxylic acids is 3. The average molecular weight is 369 g/mol. The minimum Gasteiger partial charge on any atom is -0.332 e. The smallest absolute Gasteiger partial charge is 0.324 e. The van der Waals surface area contributed by atoms with Crippen LogP contribution < -0.4 is 5.32 Å². The number of thiophene rings is 1. The second kappa shape index (κ2) is 6.92. The lowest BCUT2D eigenvalue weighted by Gasteiger charge is -2.24. The van der Waals surface area contributed by atoms with Crippen molar-refractivity contribution in [2.24, 2.45) is 0 Å². The zero-order valence-electron chi connectivity index (χ0n) is 14.2. The maximum atomic E-state index is 13.0. The molecule has 0 spiro atoms. The normalized spacial score (nSPS) is 19.9. The summed E-state index contributed by atoms with van der Waals surface area (Å²) in [4.78, 5) is 39.6. The van der Waals surface area contributed by atoms with E-state index in [-0.39, 0.29) is 37.0 Å². The van der Waals surface area contributed by atoms with Gasteiger partial charge in [-0.1, -0.05) is 12.1 Å². The molecule has 4 amide bonds. The average Bonchev–Trinajstić information content (AvgIpc) is 3.39. The highest BCUT2D eigenvalue weighted by Crippen LogP contribution is 2.34. The number of rotatable bonds is 4. The Kier molecular flexibility index (Phi) is 4.46. The molecule has 3 heterocycles. The number of hydrogen-bond acceptors (Lipinski definition) is 4. The molecule has 2 fully saturated rings. The maximum Gasteiger partial charge on any atom is 0.324 e. The number of nitrogens with one attached hydrogen (secondary N) is 1. The number of urea groups is 1. The van der Waals surface area contributed by atoms with Crippen molar-refractivity contribution in [2.75, 3.05) is 13.1 Å². The predicted molar refractivity (Wildman–Crippen MR) is 97.7 cm³/mol. The Morgan fingerprint density at radius 3 is 2.88 bits per heavy atom. The van der Waals surface area contributed by atoms with Crippen LogP contribution in [0.25, 0.3) is 0 Å². The molecule has 2 saturated heterocycles. The minimum absolute atomic E-state index is 0.00208. The standard InChI is InChI=1S/C19H19N3O3S/c23-17-10-20-19(25)22(17)11-13-3-1-4-14(9-13)18(24)21-7-2-5-16(21)15-6-8-26-12-15/h1,3-4,6,8-9,12,16H,2,5,7,10-11H2,(H,20,25)/t16-/m0/s1. The van der Waals surface area contributed by atoms with Gasteiger partial charge in [-0.05, 0) is 52.9 Å². The molecule has 4 rings (SSSR count). The molecule has 26 heavy (non-hydrogen) atoms. The van der Waals surface area contributed by atoms with Gasteiger partial charge in [0, 0.05) is 12.1 Å². The number of nitrogens with zero attached hydrogens (tertiary/aromatic N) is 2. The fraction of sp³-hybridized carbons (Fsp3) is 0.316. The first-order valence-electron chi connectivity index (χ1n) is 8.63. The fourth-order valence-corrected chi connectivity index (χ4v) is 4.29. The van der Waals surface area contributed by atoms with Crippen LogP contribution in [0.1, 0.15) is 40.4 Å². The molecule has 134 valence electrons. The van der Waals surface area contributed by atoms with Crippen molar-refractivity contribution < 1.29 is 14.4 Å². The van der Waals surface area contributed by atoms with Gasteiger partial charge < -0.3 is 10.2 Å². The summed E-state index contributed by atoms with van der Waals surface area (Å²) in [6.45, 7) is 0.962. The number of imide groups is 1. The Morgan fingerprint density at radius 1 is 1.27 bits per heavy atom. The number of likely N-dealkylation sites (tertiary alicyclic amines) is 1. The third-order valence-corrected chi connectivity index (χ3v) is 5.59. The first-order valence-corrected chi connectivity index (χ1v) is 9.58. The molecule has 0 unspecified atom stereocenters. The molecule has 2 aromatic rings. The molecular weight excluding hydrogens is 350 g/mol. The van der Waals surface area contributed by atoms with E-state index in [0.29, 0.717) is 5.56 Å². The van der Waals surface area contributed by atoms with Crippen molar-refractivity contribution in [2.45, 2.75) is 25.4 Å². The summed E-state index contributed by atoms with van der Waals surface area (Å²) in [6.07, 6.45) is 1.97. The second-order valence-electron chi connectivity index (χ2n) is 6.55. The van der Waals surface area contributed by atoms with Crippen molar-refractivity contribution in [1.82, 2.24) is 15.1 Å². The Morgan fingerprint density at radius 2 is 2.15 bits per heavy atom. The molecule has 0 saturated carbocycles. The zero-order valence-corrected chi connectivity index (χ0v) is 15.0. The highest BCUT2D eigenvalue weighted by molar-refractivity contribution is 7.08. The lowest BCUT2D eigenvalue weighted by molar-refractivity contribution is -0.125. The van der Waals surface area contributed by atoms with Gasteiger partial charge in [-0.3, -0.25) is 14.5 Å². The number of benzene rings is 1. The Balaban J connectivity index is 1.53. The van der Waals surface area contributed by atoms with Crippen LogP contribution in [-0.2, 0) is 11.3 Å². The molecule has 2 aliphatic rings. The van der Waals surface area contributed by atoms with Crippen molar-refractivity contribution in [3.8, 4) is 0 Å². The third-order valence-electron chi connectivity index (χ3n) is 4.89. The van der Waals surface area contributed by atoms with Gasteiger partial charge in [0.1, 0.15) is 0 Å². The van der Waals surface area contributed by atoms with Crippen LogP contribution in [0.3, 0.4) is 0 Å². The van der Waals surface area contributed by atoms with Crippen molar-refractivity contribution in [3.63, 3.8) is 0 Å². The van der Waals surface area contributed by atoms with Crippen LogP contribution in [0.5, 0.6) is 0 Å². The molecule has 1 aromatic heterocycles. The lowest BCUT2D eigenvalue weighted by Crippen LogP contribution is -2.31. The topological polar surface area (TPSA) is 69.7 Å². The van der Waals surface area contributed by atoms with Gasteiger partial charge in [0.2, 0.25) is 5.91 Å². The Bertz CT molecular complexity index is 833.